The van der Waals surface area contributed by atoms with Crippen molar-refractivity contribution in [2.75, 3.05) is 10.2 Å². The molecular formula is C30H32N6OS. The number of thiocarbonyl (C=S) groups is 1. The van der Waals surface area contributed by atoms with Crippen molar-refractivity contribution >= 4 is 34.6 Å². The molecule has 0 unspecified atom stereocenters. The van der Waals surface area contributed by atoms with Crippen LogP contribution in [0, 0.1) is 20.8 Å². The van der Waals surface area contributed by atoms with E-state index in [0.717, 1.165) is 29.2 Å². The highest BCUT2D eigenvalue weighted by molar-refractivity contribution is 7.80. The van der Waals surface area contributed by atoms with E-state index in [1.807, 2.05) is 62.8 Å². The summed E-state index contributed by atoms with van der Waals surface area (Å²) in [7, 11) is 0. The molecule has 1 amide bonds. The Balaban J connectivity index is 1.59. The van der Waals surface area contributed by atoms with E-state index >= 15 is 0 Å². The van der Waals surface area contributed by atoms with Crippen LogP contribution in [-0.2, 0) is 11.3 Å². The fourth-order valence-corrected chi connectivity index (χ4v) is 5.51. The van der Waals surface area contributed by atoms with Crippen LogP contribution in [0.15, 0.2) is 73.2 Å². The van der Waals surface area contributed by atoms with Gasteiger partial charge in [-0.3, -0.25) is 14.8 Å². The first kappa shape index (κ1) is 25.6. The average Bonchev–Trinajstić information content (AvgIpc) is 3.41. The maximum atomic E-state index is 12.0. The molecule has 8 heteroatoms. The van der Waals surface area contributed by atoms with Crippen LogP contribution in [-0.4, -0.2) is 25.6 Å². The quantitative estimate of drug-likeness (QED) is 0.299. The molecule has 4 heterocycles. The molecule has 0 aliphatic carbocycles. The summed E-state index contributed by atoms with van der Waals surface area (Å²) in [6.45, 7) is 8.94. The Labute approximate surface area is 228 Å². The lowest BCUT2D eigenvalue weighted by molar-refractivity contribution is -0.115. The van der Waals surface area contributed by atoms with Gasteiger partial charge < -0.3 is 20.1 Å². The predicted octanol–water partition coefficient (Wildman–Crippen LogP) is 5.78. The SMILES string of the molecule is CCC(=O)Nc1ccc(N2C(=S)N[C@@H](c3ccccn3)[C@H]2c2cc(C)n(Cc3ccncc3)c2C)cc1C. The number of benzene rings is 1. The molecule has 0 radical (unpaired) electrons. The van der Waals surface area contributed by atoms with E-state index in [2.05, 4.69) is 68.2 Å². The van der Waals surface area contributed by atoms with E-state index in [1.54, 1.807) is 0 Å². The van der Waals surface area contributed by atoms with Crippen LogP contribution in [0.25, 0.3) is 0 Å². The van der Waals surface area contributed by atoms with Crippen LogP contribution in [0.2, 0.25) is 0 Å². The van der Waals surface area contributed by atoms with Crippen LogP contribution in [0.3, 0.4) is 0 Å². The minimum Gasteiger partial charge on any atom is -0.351 e. The third kappa shape index (κ3) is 4.91. The van der Waals surface area contributed by atoms with Gasteiger partial charge in [0.05, 0.1) is 17.8 Å². The minimum absolute atomic E-state index is 0.00561. The lowest BCUT2D eigenvalue weighted by atomic mass is 9.96. The molecule has 0 saturated carbocycles. The lowest BCUT2D eigenvalue weighted by Gasteiger charge is -2.29. The molecule has 1 aromatic carbocycles. The summed E-state index contributed by atoms with van der Waals surface area (Å²) in [4.78, 5) is 23.0. The molecule has 7 nitrogen and oxygen atoms in total. The van der Waals surface area contributed by atoms with Gasteiger partial charge in [-0.2, -0.15) is 0 Å². The Kier molecular flexibility index (Phi) is 7.24. The van der Waals surface area contributed by atoms with Crippen LogP contribution in [0.5, 0.6) is 0 Å². The van der Waals surface area contributed by atoms with Gasteiger partial charge in [0.15, 0.2) is 5.11 Å². The molecule has 1 fully saturated rings. The summed E-state index contributed by atoms with van der Waals surface area (Å²) >= 11 is 5.93. The summed E-state index contributed by atoms with van der Waals surface area (Å²) in [6.07, 6.45) is 5.92. The second-order valence-electron chi connectivity index (χ2n) is 9.67. The molecule has 5 rings (SSSR count). The van der Waals surface area contributed by atoms with E-state index in [1.165, 1.54) is 22.5 Å². The molecule has 0 spiro atoms. The molecule has 1 aliphatic heterocycles. The smallest absolute Gasteiger partial charge is 0.224 e. The monoisotopic (exact) mass is 524 g/mol. The number of amides is 1. The number of nitrogens with one attached hydrogen (secondary N) is 2. The van der Waals surface area contributed by atoms with Crippen molar-refractivity contribution in [1.82, 2.24) is 19.9 Å². The third-order valence-corrected chi connectivity index (χ3v) is 7.52. The number of anilines is 2. The van der Waals surface area contributed by atoms with Crippen LogP contribution in [0.4, 0.5) is 11.4 Å². The van der Waals surface area contributed by atoms with Crippen molar-refractivity contribution < 1.29 is 4.79 Å². The summed E-state index contributed by atoms with van der Waals surface area (Å²) in [5.74, 6) is -0.00561. The van der Waals surface area contributed by atoms with Gasteiger partial charge >= 0.3 is 0 Å². The number of rotatable bonds is 7. The number of pyridine rings is 2. The zero-order chi connectivity index (χ0) is 26.8. The van der Waals surface area contributed by atoms with Crippen LogP contribution < -0.4 is 15.5 Å². The molecule has 4 aromatic rings. The highest BCUT2D eigenvalue weighted by Gasteiger charge is 2.42. The van der Waals surface area contributed by atoms with Gasteiger partial charge in [-0.25, -0.2) is 0 Å². The van der Waals surface area contributed by atoms with E-state index < -0.39 is 0 Å². The lowest BCUT2D eigenvalue weighted by Crippen LogP contribution is -2.29. The zero-order valence-electron chi connectivity index (χ0n) is 22.1. The van der Waals surface area contributed by atoms with Gasteiger partial charge in [0.2, 0.25) is 5.91 Å². The van der Waals surface area contributed by atoms with Crippen molar-refractivity contribution in [2.45, 2.75) is 52.7 Å². The zero-order valence-corrected chi connectivity index (χ0v) is 22.9. The van der Waals surface area contributed by atoms with Gasteiger partial charge in [-0.05, 0) is 98.2 Å². The van der Waals surface area contributed by atoms with Crippen LogP contribution in [0.1, 0.15) is 59.2 Å². The van der Waals surface area contributed by atoms with Gasteiger partial charge in [0.1, 0.15) is 0 Å². The normalized spacial score (nSPS) is 16.9. The third-order valence-electron chi connectivity index (χ3n) is 7.20. The largest absolute Gasteiger partial charge is 0.351 e. The molecule has 3 aromatic heterocycles. The first-order chi connectivity index (χ1) is 18.4. The number of nitrogens with zero attached hydrogens (tertiary/aromatic N) is 4. The molecular weight excluding hydrogens is 492 g/mol. The molecule has 194 valence electrons. The van der Waals surface area contributed by atoms with Gasteiger partial charge in [-0.1, -0.05) is 13.0 Å². The Bertz CT molecular complexity index is 1470. The Morgan fingerprint density at radius 1 is 1.05 bits per heavy atom. The van der Waals surface area contributed by atoms with Crippen molar-refractivity contribution in [3.8, 4) is 0 Å². The Morgan fingerprint density at radius 3 is 2.53 bits per heavy atom. The van der Waals surface area contributed by atoms with Crippen molar-refractivity contribution in [2.24, 2.45) is 0 Å². The standard InChI is InChI=1S/C30H32N6OS/c1-5-27(37)33-25-10-9-23(16-19(25)2)36-29(28(34-30(36)38)26-8-6-7-13-32-26)24-17-20(3)35(21(24)4)18-22-11-14-31-15-12-22/h6-17,28-29H,5,18H2,1-4H3,(H,33,37)(H,34,38)/t28-,29+/m0/s1. The number of hydrogen-bond donors (Lipinski definition) is 2. The molecule has 1 saturated heterocycles. The maximum absolute atomic E-state index is 12.0. The highest BCUT2D eigenvalue weighted by Crippen LogP contribution is 2.44. The first-order valence-electron chi connectivity index (χ1n) is 12.8. The minimum atomic E-state index is -0.127. The number of carbonyl (C=O) groups excluding carboxylic acids is 1. The van der Waals surface area contributed by atoms with E-state index in [9.17, 15) is 4.79 Å². The van der Waals surface area contributed by atoms with Gasteiger partial charge in [0, 0.05) is 54.3 Å². The fourth-order valence-electron chi connectivity index (χ4n) is 5.17. The van der Waals surface area contributed by atoms with Gasteiger partial charge in [-0.15, -0.1) is 0 Å². The average molecular weight is 525 g/mol. The molecule has 1 aliphatic rings. The number of hydrogen-bond acceptors (Lipinski definition) is 4. The fraction of sp³-hybridized carbons (Fsp3) is 0.267. The van der Waals surface area contributed by atoms with E-state index in [4.69, 9.17) is 12.2 Å². The second-order valence-corrected chi connectivity index (χ2v) is 10.1. The summed E-state index contributed by atoms with van der Waals surface area (Å²) < 4.78 is 2.34. The number of carbonyl (C=O) groups is 1. The van der Waals surface area contributed by atoms with Crippen LogP contribution >= 0.6 is 12.2 Å². The maximum Gasteiger partial charge on any atom is 0.224 e. The van der Waals surface area contributed by atoms with Crippen molar-refractivity contribution in [3.63, 3.8) is 0 Å². The molecule has 2 atom stereocenters. The highest BCUT2D eigenvalue weighted by atomic mass is 32.1. The van der Waals surface area contributed by atoms with E-state index in [-0.39, 0.29) is 18.0 Å². The Morgan fingerprint density at radius 2 is 1.84 bits per heavy atom. The molecule has 38 heavy (non-hydrogen) atoms. The molecule has 0 bridgehead atoms. The summed E-state index contributed by atoms with van der Waals surface area (Å²) in [5, 5.41) is 7.19. The first-order valence-corrected chi connectivity index (χ1v) is 13.2. The van der Waals surface area contributed by atoms with Crippen molar-refractivity contribution in [3.05, 3.63) is 107 Å². The topological polar surface area (TPSA) is 75.1 Å². The predicted molar refractivity (Wildman–Crippen MR) is 155 cm³/mol. The number of aryl methyl sites for hydroxylation is 2. The van der Waals surface area contributed by atoms with E-state index in [0.29, 0.717) is 11.5 Å². The van der Waals surface area contributed by atoms with Crippen molar-refractivity contribution in [1.29, 1.82) is 0 Å². The summed E-state index contributed by atoms with van der Waals surface area (Å²) in [6, 6.07) is 18.2. The number of aromatic nitrogens is 3. The molecule has 2 N–H and O–H groups in total. The summed E-state index contributed by atoms with van der Waals surface area (Å²) in [5.41, 5.74) is 8.46. The van der Waals surface area contributed by atoms with Gasteiger partial charge in [0.25, 0.3) is 0 Å². The Hall–Kier alpha value is -4.04. The second kappa shape index (κ2) is 10.8.